The maximum absolute atomic E-state index is 13.4. The molecule has 0 aliphatic heterocycles. The molecule has 0 saturated carbocycles. The average Bonchev–Trinajstić information content (AvgIpc) is 3.37. The van der Waals surface area contributed by atoms with Crippen molar-refractivity contribution in [1.82, 2.24) is 10.2 Å². The van der Waals surface area contributed by atoms with E-state index in [1.165, 1.54) is 12.1 Å². The van der Waals surface area contributed by atoms with Crippen LogP contribution in [0.2, 0.25) is 0 Å². The van der Waals surface area contributed by atoms with E-state index < -0.39 is 4.92 Å². The third-order valence-corrected chi connectivity index (χ3v) is 6.11. The lowest BCUT2D eigenvalue weighted by atomic mass is 10.1. The first-order chi connectivity index (χ1) is 17.1. The third-order valence-electron chi connectivity index (χ3n) is 5.31. The summed E-state index contributed by atoms with van der Waals surface area (Å²) in [5, 5.41) is 21.2. The Labute approximate surface area is 204 Å². The van der Waals surface area contributed by atoms with E-state index in [2.05, 4.69) is 10.2 Å². The molecule has 0 spiro atoms. The molecule has 0 aliphatic rings. The SMILES string of the molecule is O=C(CSc1nnc(-c2ccc([N+](=O)[O-])cc2)o1)N(c1ccccc1)c1ccc2ccccc2c1. The zero-order valence-corrected chi connectivity index (χ0v) is 19.1. The number of benzene rings is 4. The average molecular weight is 483 g/mol. The smallest absolute Gasteiger partial charge is 0.277 e. The predicted molar refractivity (Wildman–Crippen MR) is 135 cm³/mol. The Bertz CT molecular complexity index is 1500. The van der Waals surface area contributed by atoms with E-state index in [0.717, 1.165) is 33.9 Å². The first-order valence-electron chi connectivity index (χ1n) is 10.7. The predicted octanol–water partition coefficient (Wildman–Crippen LogP) is 6.26. The number of carbonyl (C=O) groups excluding carboxylic acids is 1. The van der Waals surface area contributed by atoms with Gasteiger partial charge in [0.05, 0.1) is 10.7 Å². The van der Waals surface area contributed by atoms with Gasteiger partial charge in [-0.05, 0) is 47.2 Å². The van der Waals surface area contributed by atoms with Crippen LogP contribution in [0.5, 0.6) is 0 Å². The van der Waals surface area contributed by atoms with Gasteiger partial charge in [0, 0.05) is 29.1 Å². The van der Waals surface area contributed by atoms with Crippen LogP contribution in [-0.2, 0) is 4.79 Å². The molecule has 0 radical (unpaired) electrons. The number of fused-ring (bicyclic) bond motifs is 1. The van der Waals surface area contributed by atoms with Crippen LogP contribution in [0.1, 0.15) is 0 Å². The van der Waals surface area contributed by atoms with Gasteiger partial charge in [-0.1, -0.05) is 60.3 Å². The number of rotatable bonds is 7. The quantitative estimate of drug-likeness (QED) is 0.153. The van der Waals surface area contributed by atoms with Gasteiger partial charge in [-0.25, -0.2) is 0 Å². The van der Waals surface area contributed by atoms with Gasteiger partial charge in [-0.15, -0.1) is 10.2 Å². The molecule has 0 saturated heterocycles. The number of non-ortho nitro benzene ring substituents is 1. The van der Waals surface area contributed by atoms with Gasteiger partial charge >= 0.3 is 0 Å². The molecule has 0 bridgehead atoms. The number of nitro benzene ring substituents is 1. The topological polar surface area (TPSA) is 102 Å². The van der Waals surface area contributed by atoms with Crippen LogP contribution in [0, 0.1) is 10.1 Å². The second kappa shape index (κ2) is 9.78. The van der Waals surface area contributed by atoms with Gasteiger partial charge < -0.3 is 4.42 Å². The minimum Gasteiger partial charge on any atom is -0.411 e. The van der Waals surface area contributed by atoms with Crippen molar-refractivity contribution in [2.75, 3.05) is 10.7 Å². The molecular weight excluding hydrogens is 464 g/mol. The molecule has 1 aromatic heterocycles. The number of aromatic nitrogens is 2. The molecule has 8 nitrogen and oxygen atoms in total. The largest absolute Gasteiger partial charge is 0.411 e. The molecular formula is C26H18N4O4S. The highest BCUT2D eigenvalue weighted by molar-refractivity contribution is 7.99. The highest BCUT2D eigenvalue weighted by atomic mass is 32.2. The second-order valence-corrected chi connectivity index (χ2v) is 8.49. The number of amides is 1. The van der Waals surface area contributed by atoms with Gasteiger partial charge in [0.25, 0.3) is 10.9 Å². The summed E-state index contributed by atoms with van der Waals surface area (Å²) in [6.45, 7) is 0. The third kappa shape index (κ3) is 4.90. The molecule has 35 heavy (non-hydrogen) atoms. The van der Waals surface area contributed by atoms with E-state index in [0.29, 0.717) is 5.56 Å². The minimum absolute atomic E-state index is 0.0249. The second-order valence-electron chi connectivity index (χ2n) is 7.56. The molecule has 172 valence electrons. The van der Waals surface area contributed by atoms with E-state index in [1.807, 2.05) is 72.8 Å². The van der Waals surface area contributed by atoms with Crippen LogP contribution in [0.25, 0.3) is 22.2 Å². The van der Waals surface area contributed by atoms with Crippen LogP contribution in [0.15, 0.2) is 107 Å². The van der Waals surface area contributed by atoms with Crippen molar-refractivity contribution < 1.29 is 14.1 Å². The summed E-state index contributed by atoms with van der Waals surface area (Å²) in [7, 11) is 0. The number of hydrogen-bond donors (Lipinski definition) is 0. The molecule has 1 heterocycles. The maximum atomic E-state index is 13.4. The molecule has 0 fully saturated rings. The summed E-state index contributed by atoms with van der Waals surface area (Å²) < 4.78 is 5.67. The number of nitrogens with zero attached hydrogens (tertiary/aromatic N) is 4. The number of hydrogen-bond acceptors (Lipinski definition) is 7. The highest BCUT2D eigenvalue weighted by Crippen LogP contribution is 2.31. The van der Waals surface area contributed by atoms with Gasteiger partial charge in [-0.3, -0.25) is 19.8 Å². The van der Waals surface area contributed by atoms with Gasteiger partial charge in [0.15, 0.2) is 0 Å². The van der Waals surface area contributed by atoms with Crippen molar-refractivity contribution in [1.29, 1.82) is 0 Å². The van der Waals surface area contributed by atoms with E-state index in [9.17, 15) is 14.9 Å². The van der Waals surface area contributed by atoms with Gasteiger partial charge in [-0.2, -0.15) is 0 Å². The number of carbonyl (C=O) groups is 1. The van der Waals surface area contributed by atoms with Gasteiger partial charge in [0.2, 0.25) is 11.8 Å². The lowest BCUT2D eigenvalue weighted by Gasteiger charge is -2.23. The molecule has 5 aromatic rings. The fourth-order valence-electron chi connectivity index (χ4n) is 3.63. The molecule has 0 unspecified atom stereocenters. The summed E-state index contributed by atoms with van der Waals surface area (Å²) in [5.41, 5.74) is 2.05. The van der Waals surface area contributed by atoms with E-state index in [4.69, 9.17) is 4.42 Å². The fourth-order valence-corrected chi connectivity index (χ4v) is 4.24. The van der Waals surface area contributed by atoms with E-state index in [1.54, 1.807) is 17.0 Å². The zero-order valence-electron chi connectivity index (χ0n) is 18.3. The Morgan fingerprint density at radius 2 is 1.57 bits per heavy atom. The summed E-state index contributed by atoms with van der Waals surface area (Å²) in [5.74, 6) is 0.153. The molecule has 0 aliphatic carbocycles. The number of para-hydroxylation sites is 1. The summed E-state index contributed by atoms with van der Waals surface area (Å²) in [4.78, 5) is 25.4. The Hall–Kier alpha value is -4.50. The van der Waals surface area contributed by atoms with Crippen LogP contribution < -0.4 is 4.90 Å². The normalized spacial score (nSPS) is 10.9. The standard InChI is InChI=1S/C26H18N4O4S/c31-24(17-35-26-28-27-25(34-26)19-11-13-22(14-12-19)30(32)33)29(21-8-2-1-3-9-21)23-15-10-18-6-4-5-7-20(18)16-23/h1-16H,17H2. The minimum atomic E-state index is -0.474. The number of thioether (sulfide) groups is 1. The molecule has 4 aromatic carbocycles. The fraction of sp³-hybridized carbons (Fsp3) is 0.0385. The number of nitro groups is 1. The Kier molecular flexibility index (Phi) is 6.23. The molecule has 5 rings (SSSR count). The molecule has 9 heteroatoms. The summed E-state index contributed by atoms with van der Waals surface area (Å²) >= 11 is 1.13. The Balaban J connectivity index is 1.36. The summed E-state index contributed by atoms with van der Waals surface area (Å²) in [6.07, 6.45) is 0. The van der Waals surface area contributed by atoms with E-state index in [-0.39, 0.29) is 28.5 Å². The monoisotopic (exact) mass is 482 g/mol. The number of anilines is 2. The summed E-state index contributed by atoms with van der Waals surface area (Å²) in [6, 6.07) is 29.2. The zero-order chi connectivity index (χ0) is 24.2. The Morgan fingerprint density at radius 1 is 0.857 bits per heavy atom. The van der Waals surface area contributed by atoms with Crippen molar-refractivity contribution >= 4 is 45.5 Å². The van der Waals surface area contributed by atoms with Gasteiger partial charge in [0.1, 0.15) is 0 Å². The highest BCUT2D eigenvalue weighted by Gasteiger charge is 2.20. The molecule has 0 N–H and O–H groups in total. The lowest BCUT2D eigenvalue weighted by Crippen LogP contribution is -2.27. The van der Waals surface area contributed by atoms with Crippen LogP contribution >= 0.6 is 11.8 Å². The van der Waals surface area contributed by atoms with Crippen LogP contribution in [0.4, 0.5) is 17.1 Å². The maximum Gasteiger partial charge on any atom is 0.277 e. The molecule has 0 atom stereocenters. The molecule has 1 amide bonds. The van der Waals surface area contributed by atoms with Crippen molar-refractivity contribution in [2.24, 2.45) is 0 Å². The van der Waals surface area contributed by atoms with Crippen molar-refractivity contribution in [3.63, 3.8) is 0 Å². The van der Waals surface area contributed by atoms with Crippen LogP contribution in [-0.4, -0.2) is 26.8 Å². The lowest BCUT2D eigenvalue weighted by molar-refractivity contribution is -0.384. The van der Waals surface area contributed by atoms with Crippen molar-refractivity contribution in [2.45, 2.75) is 5.22 Å². The van der Waals surface area contributed by atoms with Crippen LogP contribution in [0.3, 0.4) is 0 Å². The Morgan fingerprint density at radius 3 is 2.31 bits per heavy atom. The van der Waals surface area contributed by atoms with Crippen molar-refractivity contribution in [3.8, 4) is 11.5 Å². The first-order valence-corrected chi connectivity index (χ1v) is 11.6. The van der Waals surface area contributed by atoms with Crippen molar-refractivity contribution in [3.05, 3.63) is 107 Å². The first kappa shape index (κ1) is 22.3. The van der Waals surface area contributed by atoms with E-state index >= 15 is 0 Å².